The summed E-state index contributed by atoms with van der Waals surface area (Å²) in [4.78, 5) is 4.36. The zero-order chi connectivity index (χ0) is 17.1. The molecule has 2 aromatic heterocycles. The standard InChI is InChI=1S/C20H19N5/c1-24-13-12-21-20(24)18-15-25(23-22-18)19(17-10-6-3-7-11-17)14-16-8-4-2-5-9-16/h2-13,15,19H,14H2,1H3/t19-/m0/s1. The van der Waals surface area contributed by atoms with Crippen molar-refractivity contribution in [2.45, 2.75) is 12.5 Å². The second-order valence-electron chi connectivity index (χ2n) is 6.06. The molecule has 5 heteroatoms. The van der Waals surface area contributed by atoms with Crippen LogP contribution >= 0.6 is 0 Å². The number of hydrogen-bond donors (Lipinski definition) is 0. The second-order valence-corrected chi connectivity index (χ2v) is 6.06. The van der Waals surface area contributed by atoms with Crippen molar-refractivity contribution in [3.8, 4) is 11.5 Å². The van der Waals surface area contributed by atoms with Gasteiger partial charge in [0.2, 0.25) is 0 Å². The van der Waals surface area contributed by atoms with Crippen molar-refractivity contribution in [3.63, 3.8) is 0 Å². The van der Waals surface area contributed by atoms with Crippen LogP contribution in [0.4, 0.5) is 0 Å². The number of imidazole rings is 1. The van der Waals surface area contributed by atoms with Gasteiger partial charge in [-0.1, -0.05) is 65.9 Å². The largest absolute Gasteiger partial charge is 0.333 e. The van der Waals surface area contributed by atoms with Gasteiger partial charge >= 0.3 is 0 Å². The molecule has 2 aromatic carbocycles. The average Bonchev–Trinajstić information content (AvgIpc) is 3.30. The molecule has 25 heavy (non-hydrogen) atoms. The minimum Gasteiger partial charge on any atom is -0.333 e. The molecule has 4 aromatic rings. The van der Waals surface area contributed by atoms with E-state index in [0.717, 1.165) is 17.9 Å². The molecule has 2 heterocycles. The van der Waals surface area contributed by atoms with Crippen LogP contribution in [0.1, 0.15) is 17.2 Å². The van der Waals surface area contributed by atoms with Crippen molar-refractivity contribution >= 4 is 0 Å². The Morgan fingerprint density at radius 1 is 0.960 bits per heavy atom. The minimum absolute atomic E-state index is 0.0881. The van der Waals surface area contributed by atoms with Crippen molar-refractivity contribution in [1.82, 2.24) is 24.5 Å². The Balaban J connectivity index is 1.71. The fraction of sp³-hybridized carbons (Fsp3) is 0.150. The Hall–Kier alpha value is -3.21. The Bertz CT molecular complexity index is 940. The third-order valence-corrected chi connectivity index (χ3v) is 4.34. The Kier molecular flexibility index (Phi) is 4.12. The van der Waals surface area contributed by atoms with Gasteiger partial charge in [0.15, 0.2) is 5.82 Å². The number of aromatic nitrogens is 5. The van der Waals surface area contributed by atoms with Crippen LogP contribution in [-0.4, -0.2) is 24.5 Å². The van der Waals surface area contributed by atoms with E-state index in [2.05, 4.69) is 63.8 Å². The first-order chi connectivity index (χ1) is 12.3. The molecule has 0 saturated carbocycles. The van der Waals surface area contributed by atoms with Crippen LogP contribution in [-0.2, 0) is 13.5 Å². The fourth-order valence-electron chi connectivity index (χ4n) is 3.02. The number of benzene rings is 2. The third kappa shape index (κ3) is 3.21. The maximum absolute atomic E-state index is 4.40. The van der Waals surface area contributed by atoms with Gasteiger partial charge in [0.1, 0.15) is 5.69 Å². The van der Waals surface area contributed by atoms with Gasteiger partial charge in [-0.3, -0.25) is 0 Å². The Labute approximate surface area is 146 Å². The third-order valence-electron chi connectivity index (χ3n) is 4.34. The van der Waals surface area contributed by atoms with E-state index in [1.807, 2.05) is 40.8 Å². The molecule has 5 nitrogen and oxygen atoms in total. The summed E-state index contributed by atoms with van der Waals surface area (Å²) in [7, 11) is 1.96. The molecule has 124 valence electrons. The summed E-state index contributed by atoms with van der Waals surface area (Å²) >= 11 is 0. The first-order valence-corrected chi connectivity index (χ1v) is 8.29. The predicted octanol–water partition coefficient (Wildman–Crippen LogP) is 3.51. The lowest BCUT2D eigenvalue weighted by molar-refractivity contribution is 0.503. The maximum Gasteiger partial charge on any atom is 0.161 e. The molecule has 0 aliphatic rings. The zero-order valence-electron chi connectivity index (χ0n) is 14.0. The lowest BCUT2D eigenvalue weighted by Crippen LogP contribution is -2.14. The highest BCUT2D eigenvalue weighted by Gasteiger charge is 2.18. The Morgan fingerprint density at radius 3 is 2.36 bits per heavy atom. The molecule has 0 saturated heterocycles. The van der Waals surface area contributed by atoms with Crippen LogP contribution in [0, 0.1) is 0 Å². The molecular weight excluding hydrogens is 310 g/mol. The molecule has 0 aliphatic carbocycles. The summed E-state index contributed by atoms with van der Waals surface area (Å²) in [5, 5.41) is 8.74. The molecule has 0 fully saturated rings. The summed E-state index contributed by atoms with van der Waals surface area (Å²) in [6.07, 6.45) is 6.51. The van der Waals surface area contributed by atoms with Gasteiger partial charge in [0.25, 0.3) is 0 Å². The van der Waals surface area contributed by atoms with E-state index in [0.29, 0.717) is 0 Å². The van der Waals surface area contributed by atoms with Crippen molar-refractivity contribution in [2.75, 3.05) is 0 Å². The van der Waals surface area contributed by atoms with E-state index < -0.39 is 0 Å². The van der Waals surface area contributed by atoms with E-state index in [1.165, 1.54) is 11.1 Å². The van der Waals surface area contributed by atoms with E-state index in [9.17, 15) is 0 Å². The molecule has 0 spiro atoms. The van der Waals surface area contributed by atoms with Crippen molar-refractivity contribution in [2.24, 2.45) is 7.05 Å². The highest BCUT2D eigenvalue weighted by Crippen LogP contribution is 2.24. The van der Waals surface area contributed by atoms with Crippen LogP contribution in [0.15, 0.2) is 79.3 Å². The molecule has 0 radical (unpaired) electrons. The van der Waals surface area contributed by atoms with Crippen molar-refractivity contribution in [3.05, 3.63) is 90.4 Å². The van der Waals surface area contributed by atoms with Gasteiger partial charge in [0, 0.05) is 19.4 Å². The normalized spacial score (nSPS) is 12.2. The molecule has 0 aliphatic heterocycles. The quantitative estimate of drug-likeness (QED) is 0.563. The van der Waals surface area contributed by atoms with Gasteiger partial charge in [-0.15, -0.1) is 5.10 Å². The summed E-state index contributed by atoms with van der Waals surface area (Å²) in [6.45, 7) is 0. The average molecular weight is 329 g/mol. The highest BCUT2D eigenvalue weighted by atomic mass is 15.4. The van der Waals surface area contributed by atoms with E-state index in [-0.39, 0.29) is 6.04 Å². The highest BCUT2D eigenvalue weighted by molar-refractivity contribution is 5.47. The summed E-state index contributed by atoms with van der Waals surface area (Å²) in [5.41, 5.74) is 3.26. The van der Waals surface area contributed by atoms with Gasteiger partial charge in [-0.25, -0.2) is 9.67 Å². The summed E-state index contributed by atoms with van der Waals surface area (Å²) in [5.74, 6) is 0.817. The van der Waals surface area contributed by atoms with Crippen LogP contribution in [0.25, 0.3) is 11.5 Å². The SMILES string of the molecule is Cn1ccnc1-c1cn([C@@H](Cc2ccccc2)c2ccccc2)nn1. The fourth-order valence-corrected chi connectivity index (χ4v) is 3.02. The molecule has 0 N–H and O–H groups in total. The monoisotopic (exact) mass is 329 g/mol. The first kappa shape index (κ1) is 15.3. The predicted molar refractivity (Wildman–Crippen MR) is 97.0 cm³/mol. The van der Waals surface area contributed by atoms with Gasteiger partial charge in [-0.05, 0) is 17.5 Å². The van der Waals surface area contributed by atoms with E-state index >= 15 is 0 Å². The van der Waals surface area contributed by atoms with Crippen molar-refractivity contribution in [1.29, 1.82) is 0 Å². The van der Waals surface area contributed by atoms with Gasteiger partial charge < -0.3 is 4.57 Å². The lowest BCUT2D eigenvalue weighted by atomic mass is 9.99. The summed E-state index contributed by atoms with van der Waals surface area (Å²) in [6, 6.07) is 21.0. The van der Waals surface area contributed by atoms with Crippen LogP contribution in [0.3, 0.4) is 0 Å². The van der Waals surface area contributed by atoms with Crippen LogP contribution in [0.5, 0.6) is 0 Å². The second kappa shape index (κ2) is 6.73. The molecule has 0 unspecified atom stereocenters. The molecule has 0 bridgehead atoms. The number of nitrogens with zero attached hydrogens (tertiary/aromatic N) is 5. The van der Waals surface area contributed by atoms with Crippen molar-refractivity contribution < 1.29 is 0 Å². The van der Waals surface area contributed by atoms with E-state index in [4.69, 9.17) is 0 Å². The molecule has 0 amide bonds. The topological polar surface area (TPSA) is 48.5 Å². The minimum atomic E-state index is 0.0881. The summed E-state index contributed by atoms with van der Waals surface area (Å²) < 4.78 is 3.88. The zero-order valence-corrected chi connectivity index (χ0v) is 14.0. The molecule has 4 rings (SSSR count). The van der Waals surface area contributed by atoms with Gasteiger partial charge in [0.05, 0.1) is 12.2 Å². The van der Waals surface area contributed by atoms with Gasteiger partial charge in [-0.2, -0.15) is 0 Å². The smallest absolute Gasteiger partial charge is 0.161 e. The number of hydrogen-bond acceptors (Lipinski definition) is 3. The van der Waals surface area contributed by atoms with E-state index in [1.54, 1.807) is 6.20 Å². The molecular formula is C20H19N5. The lowest BCUT2D eigenvalue weighted by Gasteiger charge is -2.17. The number of aryl methyl sites for hydroxylation is 1. The Morgan fingerprint density at radius 2 is 1.68 bits per heavy atom. The van der Waals surface area contributed by atoms with Crippen LogP contribution in [0.2, 0.25) is 0 Å². The molecule has 1 atom stereocenters. The van der Waals surface area contributed by atoms with Crippen LogP contribution < -0.4 is 0 Å². The number of rotatable bonds is 5. The first-order valence-electron chi connectivity index (χ1n) is 8.29. The maximum atomic E-state index is 4.40.